The van der Waals surface area contributed by atoms with Gasteiger partial charge in [0, 0.05) is 12.8 Å². The Hall–Kier alpha value is -2.91. The normalized spacial score (nSPS) is 20.7. The van der Waals surface area contributed by atoms with Crippen LogP contribution in [0.15, 0.2) is 72.9 Å². The first-order valence-electron chi connectivity index (χ1n) is 23.0. The molecule has 6 unspecified atom stereocenters. The molecule has 12 nitrogen and oxygen atoms in total. The van der Waals surface area contributed by atoms with E-state index < -0.39 is 71.2 Å². The Balaban J connectivity index is 2.48. The highest BCUT2D eigenvalue weighted by Gasteiger charge is 2.46. The molecule has 0 aromatic carbocycles. The summed E-state index contributed by atoms with van der Waals surface area (Å²) in [5, 5.41) is 30.9. The number of carbonyl (C=O) groups excluding carboxylic acids is 2. The second kappa shape index (κ2) is 37.6. The Labute approximate surface area is 368 Å². The Bertz CT molecular complexity index is 1400. The Morgan fingerprint density at radius 3 is 1.54 bits per heavy atom. The number of ether oxygens (including phenoxy) is 4. The Kier molecular flexibility index (Phi) is 34.6. The summed E-state index contributed by atoms with van der Waals surface area (Å²) >= 11 is 0. The van der Waals surface area contributed by atoms with Crippen molar-refractivity contribution in [1.29, 1.82) is 0 Å². The first-order chi connectivity index (χ1) is 29.5. The van der Waals surface area contributed by atoms with Crippen LogP contribution < -0.4 is 0 Å². The number of esters is 2. The standard InChI is InChI=1S/C48H80O12S/c1-3-5-7-9-11-13-15-17-19-21-23-25-27-29-31-33-35-37-44(50)59-41(39-58-48-47(53)46(52)45(51)42(60-48)40-61(54,55)56)38-57-43(49)36-34-32-30-28-26-24-22-20-18-16-14-12-10-8-6-4-2/h5,7,11,13-14,16-17,19-20,22-23,25,41-42,45-48,51-53H,3-4,6,8-10,12,15,18,21,24,26-40H2,1-2H3,(H,54,55,56)/b7-5-,13-11-,16-14-,19-17-,22-20-,25-23-. The van der Waals surface area contributed by atoms with Crippen molar-refractivity contribution in [2.24, 2.45) is 0 Å². The highest BCUT2D eigenvalue weighted by molar-refractivity contribution is 7.85. The lowest BCUT2D eigenvalue weighted by molar-refractivity contribution is -0.297. The molecule has 1 heterocycles. The summed E-state index contributed by atoms with van der Waals surface area (Å²) in [4.78, 5) is 25.4. The molecule has 13 heteroatoms. The summed E-state index contributed by atoms with van der Waals surface area (Å²) in [5.41, 5.74) is 0. The van der Waals surface area contributed by atoms with Crippen LogP contribution in [0.25, 0.3) is 0 Å². The maximum absolute atomic E-state index is 12.8. The van der Waals surface area contributed by atoms with Gasteiger partial charge >= 0.3 is 11.9 Å². The summed E-state index contributed by atoms with van der Waals surface area (Å²) in [7, 11) is -4.61. The van der Waals surface area contributed by atoms with E-state index in [1.165, 1.54) is 25.7 Å². The molecule has 1 aliphatic heterocycles. The molecular formula is C48H80O12S. The van der Waals surface area contributed by atoms with E-state index in [4.69, 9.17) is 18.9 Å². The van der Waals surface area contributed by atoms with Crippen molar-refractivity contribution in [1.82, 2.24) is 0 Å². The van der Waals surface area contributed by atoms with Crippen LogP contribution in [0.3, 0.4) is 0 Å². The topological polar surface area (TPSA) is 186 Å². The van der Waals surface area contributed by atoms with Gasteiger partial charge < -0.3 is 34.3 Å². The molecule has 350 valence electrons. The van der Waals surface area contributed by atoms with Crippen LogP contribution in [0, 0.1) is 0 Å². The molecule has 0 radical (unpaired) electrons. The molecule has 1 saturated heterocycles. The number of aliphatic hydroxyl groups excluding tert-OH is 3. The highest BCUT2D eigenvalue weighted by atomic mass is 32.2. The fraction of sp³-hybridized carbons (Fsp3) is 0.708. The lowest BCUT2D eigenvalue weighted by Crippen LogP contribution is -2.60. The molecule has 0 amide bonds. The monoisotopic (exact) mass is 881 g/mol. The van der Waals surface area contributed by atoms with Gasteiger partial charge in [0.05, 0.1) is 6.61 Å². The quantitative estimate of drug-likeness (QED) is 0.0201. The van der Waals surface area contributed by atoms with Gasteiger partial charge in [-0.3, -0.25) is 14.1 Å². The Morgan fingerprint density at radius 2 is 1.03 bits per heavy atom. The van der Waals surface area contributed by atoms with Gasteiger partial charge in [-0.15, -0.1) is 0 Å². The number of hydrogen-bond donors (Lipinski definition) is 4. The van der Waals surface area contributed by atoms with Gasteiger partial charge in [-0.25, -0.2) is 0 Å². The minimum absolute atomic E-state index is 0.129. The van der Waals surface area contributed by atoms with Gasteiger partial charge in [-0.1, -0.05) is 138 Å². The van der Waals surface area contributed by atoms with E-state index >= 15 is 0 Å². The van der Waals surface area contributed by atoms with Crippen molar-refractivity contribution in [3.63, 3.8) is 0 Å². The summed E-state index contributed by atoms with van der Waals surface area (Å²) in [6, 6.07) is 0. The molecule has 0 spiro atoms. The fourth-order valence-corrected chi connectivity index (χ4v) is 7.15. The summed E-state index contributed by atoms with van der Waals surface area (Å²) in [5.74, 6) is -2.04. The zero-order valence-electron chi connectivity index (χ0n) is 37.2. The van der Waals surface area contributed by atoms with E-state index in [-0.39, 0.29) is 19.4 Å². The van der Waals surface area contributed by atoms with E-state index in [0.29, 0.717) is 12.8 Å². The first kappa shape index (κ1) is 56.1. The van der Waals surface area contributed by atoms with Crippen molar-refractivity contribution >= 4 is 22.1 Å². The molecular weight excluding hydrogens is 801 g/mol. The third-order valence-electron chi connectivity index (χ3n) is 10.0. The van der Waals surface area contributed by atoms with Gasteiger partial charge in [0.25, 0.3) is 10.1 Å². The van der Waals surface area contributed by atoms with Gasteiger partial charge in [0.15, 0.2) is 12.4 Å². The number of aliphatic hydroxyl groups is 3. The van der Waals surface area contributed by atoms with Crippen molar-refractivity contribution in [2.45, 2.75) is 198 Å². The van der Waals surface area contributed by atoms with E-state index in [0.717, 1.165) is 96.3 Å². The van der Waals surface area contributed by atoms with Gasteiger partial charge in [-0.2, -0.15) is 8.42 Å². The molecule has 0 aromatic rings. The number of allylic oxidation sites excluding steroid dienone is 12. The van der Waals surface area contributed by atoms with E-state index in [9.17, 15) is 37.9 Å². The van der Waals surface area contributed by atoms with Crippen molar-refractivity contribution < 1.29 is 56.8 Å². The van der Waals surface area contributed by atoms with E-state index in [1.807, 2.05) is 0 Å². The molecule has 0 bridgehead atoms. The number of unbranched alkanes of at least 4 members (excludes halogenated alkanes) is 13. The predicted molar refractivity (Wildman–Crippen MR) is 242 cm³/mol. The molecule has 1 aliphatic rings. The molecule has 0 aliphatic carbocycles. The number of hydrogen-bond acceptors (Lipinski definition) is 11. The van der Waals surface area contributed by atoms with Crippen LogP contribution in [0.5, 0.6) is 0 Å². The SMILES string of the molecule is CC/C=C\C/C=C\C/C=C\C/C=C\CCCCCCC(=O)OC(COC(=O)CCCCCCC/C=C\C/C=C\CCCCCC)COC1OC(CS(=O)(=O)O)C(O)C(O)C1O. The van der Waals surface area contributed by atoms with Crippen LogP contribution in [-0.4, -0.2) is 96.0 Å². The zero-order chi connectivity index (χ0) is 44.8. The molecule has 0 aromatic heterocycles. The number of carbonyl (C=O) groups is 2. The van der Waals surface area contributed by atoms with Crippen LogP contribution in [0.2, 0.25) is 0 Å². The van der Waals surface area contributed by atoms with Crippen LogP contribution in [0.4, 0.5) is 0 Å². The minimum Gasteiger partial charge on any atom is -0.462 e. The summed E-state index contributed by atoms with van der Waals surface area (Å²) < 4.78 is 54.1. The number of rotatable bonds is 37. The Morgan fingerprint density at radius 1 is 0.574 bits per heavy atom. The second-order valence-electron chi connectivity index (χ2n) is 15.7. The van der Waals surface area contributed by atoms with Crippen LogP contribution >= 0.6 is 0 Å². The molecule has 6 atom stereocenters. The van der Waals surface area contributed by atoms with Crippen molar-refractivity contribution in [2.75, 3.05) is 19.0 Å². The minimum atomic E-state index is -4.61. The lowest BCUT2D eigenvalue weighted by Gasteiger charge is -2.40. The van der Waals surface area contributed by atoms with E-state index in [1.54, 1.807) is 0 Å². The molecule has 61 heavy (non-hydrogen) atoms. The summed E-state index contributed by atoms with van der Waals surface area (Å²) in [6.45, 7) is 3.59. The molecule has 1 fully saturated rings. The first-order valence-corrected chi connectivity index (χ1v) is 24.6. The highest BCUT2D eigenvalue weighted by Crippen LogP contribution is 2.24. The fourth-order valence-electron chi connectivity index (χ4n) is 6.46. The lowest BCUT2D eigenvalue weighted by atomic mass is 10.00. The smallest absolute Gasteiger partial charge is 0.306 e. The largest absolute Gasteiger partial charge is 0.462 e. The maximum Gasteiger partial charge on any atom is 0.306 e. The average Bonchev–Trinajstić information content (AvgIpc) is 3.22. The molecule has 0 saturated carbocycles. The van der Waals surface area contributed by atoms with Gasteiger partial charge in [0.1, 0.15) is 36.8 Å². The second-order valence-corrected chi connectivity index (χ2v) is 17.2. The third-order valence-corrected chi connectivity index (χ3v) is 10.8. The van der Waals surface area contributed by atoms with Gasteiger partial charge in [-0.05, 0) is 83.5 Å². The molecule has 1 rings (SSSR count). The average molecular weight is 881 g/mol. The zero-order valence-corrected chi connectivity index (χ0v) is 38.1. The third kappa shape index (κ3) is 32.4. The summed E-state index contributed by atoms with van der Waals surface area (Å²) in [6.07, 6.45) is 38.0. The van der Waals surface area contributed by atoms with Crippen molar-refractivity contribution in [3.05, 3.63) is 72.9 Å². The van der Waals surface area contributed by atoms with Crippen LogP contribution in [-0.2, 0) is 38.7 Å². The van der Waals surface area contributed by atoms with Gasteiger partial charge in [0.2, 0.25) is 0 Å². The predicted octanol–water partition coefficient (Wildman–Crippen LogP) is 9.50. The molecule has 4 N–H and O–H groups in total. The van der Waals surface area contributed by atoms with Crippen LogP contribution in [0.1, 0.15) is 162 Å². The maximum atomic E-state index is 12.8. The van der Waals surface area contributed by atoms with E-state index in [2.05, 4.69) is 86.8 Å². The van der Waals surface area contributed by atoms with Crippen molar-refractivity contribution in [3.8, 4) is 0 Å².